The van der Waals surface area contributed by atoms with Crippen molar-refractivity contribution in [3.8, 4) is 0 Å². The Balaban J connectivity index is 1.94. The van der Waals surface area contributed by atoms with Crippen LogP contribution in [0.2, 0.25) is 0 Å². The Kier molecular flexibility index (Phi) is 7.37. The molecule has 0 aliphatic heterocycles. The van der Waals surface area contributed by atoms with Crippen LogP contribution in [0.1, 0.15) is 25.8 Å². The van der Waals surface area contributed by atoms with E-state index in [1.54, 1.807) is 17.0 Å². The Morgan fingerprint density at radius 3 is 2.27 bits per heavy atom. The van der Waals surface area contributed by atoms with Gasteiger partial charge in [0.15, 0.2) is 0 Å². The summed E-state index contributed by atoms with van der Waals surface area (Å²) in [5, 5.41) is 0. The average Bonchev–Trinajstić information content (AvgIpc) is 2.60. The van der Waals surface area contributed by atoms with Crippen molar-refractivity contribution in [3.63, 3.8) is 0 Å². The number of rotatable bonds is 8. The average molecular weight is 439 g/mol. The van der Waals surface area contributed by atoms with Gasteiger partial charge >= 0.3 is 0 Å². The summed E-state index contributed by atoms with van der Waals surface area (Å²) in [7, 11) is -3.62. The summed E-state index contributed by atoms with van der Waals surface area (Å²) < 4.78 is 27.8. The normalized spacial score (nSPS) is 11.5. The van der Waals surface area contributed by atoms with E-state index in [0.717, 1.165) is 10.0 Å². The lowest BCUT2D eigenvalue weighted by Crippen LogP contribution is -2.38. The molecular weight excluding hydrogens is 416 g/mol. The Labute approximate surface area is 163 Å². The van der Waals surface area contributed by atoms with E-state index in [1.807, 2.05) is 44.2 Å². The topological polar surface area (TPSA) is 66.5 Å². The number of halogens is 1. The van der Waals surface area contributed by atoms with Crippen LogP contribution >= 0.6 is 15.9 Å². The fourth-order valence-electron chi connectivity index (χ4n) is 2.47. The van der Waals surface area contributed by atoms with Crippen LogP contribution < -0.4 is 4.72 Å². The van der Waals surface area contributed by atoms with Gasteiger partial charge in [-0.05, 0) is 43.7 Å². The molecule has 7 heteroatoms. The van der Waals surface area contributed by atoms with Crippen LogP contribution in [-0.4, -0.2) is 31.8 Å². The van der Waals surface area contributed by atoms with Gasteiger partial charge in [-0.1, -0.05) is 46.3 Å². The van der Waals surface area contributed by atoms with Gasteiger partial charge in [0.1, 0.15) is 0 Å². The van der Waals surface area contributed by atoms with Gasteiger partial charge in [0, 0.05) is 30.0 Å². The molecule has 2 aromatic rings. The molecular formula is C19H23BrN2O3S. The van der Waals surface area contributed by atoms with Gasteiger partial charge in [-0.2, -0.15) is 0 Å². The van der Waals surface area contributed by atoms with E-state index in [0.29, 0.717) is 6.54 Å². The highest BCUT2D eigenvalue weighted by Crippen LogP contribution is 2.15. The first-order valence-corrected chi connectivity index (χ1v) is 10.7. The molecule has 2 rings (SSSR count). The number of carbonyl (C=O) groups is 1. The number of amides is 1. The zero-order valence-electron chi connectivity index (χ0n) is 14.9. The molecule has 0 saturated carbocycles. The van der Waals surface area contributed by atoms with Crippen LogP contribution in [0.15, 0.2) is 64.0 Å². The third kappa shape index (κ3) is 5.93. The highest BCUT2D eigenvalue weighted by Gasteiger charge is 2.19. The van der Waals surface area contributed by atoms with Crippen LogP contribution in [0.5, 0.6) is 0 Å². The SMILES string of the molecule is CC(C)N(Cc1ccccc1)C(=O)CCNS(=O)(=O)c1ccc(Br)cc1. The lowest BCUT2D eigenvalue weighted by molar-refractivity contribution is -0.133. The summed E-state index contributed by atoms with van der Waals surface area (Å²) in [5.41, 5.74) is 1.05. The molecule has 0 aliphatic rings. The molecule has 5 nitrogen and oxygen atoms in total. The number of nitrogens with zero attached hydrogens (tertiary/aromatic N) is 1. The van der Waals surface area contributed by atoms with Gasteiger partial charge in [0.25, 0.3) is 0 Å². The van der Waals surface area contributed by atoms with Gasteiger partial charge in [-0.25, -0.2) is 13.1 Å². The van der Waals surface area contributed by atoms with Crippen molar-refractivity contribution in [2.45, 2.75) is 37.8 Å². The number of benzene rings is 2. The standard InChI is InChI=1S/C19H23BrN2O3S/c1-15(2)22(14-16-6-4-3-5-7-16)19(23)12-13-21-26(24,25)18-10-8-17(20)9-11-18/h3-11,15,21H,12-14H2,1-2H3. The van der Waals surface area contributed by atoms with Crippen LogP contribution in [0.25, 0.3) is 0 Å². The van der Waals surface area contributed by atoms with E-state index < -0.39 is 10.0 Å². The maximum Gasteiger partial charge on any atom is 0.240 e. The minimum atomic E-state index is -3.62. The van der Waals surface area contributed by atoms with Crippen molar-refractivity contribution in [1.29, 1.82) is 0 Å². The quantitative estimate of drug-likeness (QED) is 0.684. The third-order valence-electron chi connectivity index (χ3n) is 3.89. The monoisotopic (exact) mass is 438 g/mol. The van der Waals surface area contributed by atoms with Gasteiger partial charge < -0.3 is 4.90 Å². The highest BCUT2D eigenvalue weighted by atomic mass is 79.9. The molecule has 1 amide bonds. The summed E-state index contributed by atoms with van der Waals surface area (Å²) in [4.78, 5) is 14.5. The summed E-state index contributed by atoms with van der Waals surface area (Å²) in [5.74, 6) is -0.0811. The largest absolute Gasteiger partial charge is 0.336 e. The number of carbonyl (C=O) groups excluding carboxylic acids is 1. The van der Waals surface area contributed by atoms with Gasteiger partial charge in [-0.15, -0.1) is 0 Å². The number of sulfonamides is 1. The van der Waals surface area contributed by atoms with Crippen molar-refractivity contribution in [3.05, 3.63) is 64.6 Å². The van der Waals surface area contributed by atoms with Crippen LogP contribution in [0.4, 0.5) is 0 Å². The van der Waals surface area contributed by atoms with Crippen molar-refractivity contribution >= 4 is 31.9 Å². The molecule has 0 spiro atoms. The minimum absolute atomic E-state index is 0.0331. The van der Waals surface area contributed by atoms with E-state index in [1.165, 1.54) is 12.1 Å². The number of hydrogen-bond acceptors (Lipinski definition) is 3. The molecule has 0 heterocycles. The van der Waals surface area contributed by atoms with Crippen molar-refractivity contribution < 1.29 is 13.2 Å². The summed E-state index contributed by atoms with van der Waals surface area (Å²) in [6, 6.07) is 16.1. The van der Waals surface area contributed by atoms with Gasteiger partial charge in [-0.3, -0.25) is 4.79 Å². The van der Waals surface area contributed by atoms with E-state index in [2.05, 4.69) is 20.7 Å². The smallest absolute Gasteiger partial charge is 0.240 e. The molecule has 1 N–H and O–H groups in total. The second-order valence-electron chi connectivity index (χ2n) is 6.20. The molecule has 0 aliphatic carbocycles. The first kappa shape index (κ1) is 20.6. The van der Waals surface area contributed by atoms with Crippen LogP contribution in [0, 0.1) is 0 Å². The van der Waals surface area contributed by atoms with E-state index >= 15 is 0 Å². The predicted molar refractivity (Wildman–Crippen MR) is 106 cm³/mol. The molecule has 0 atom stereocenters. The van der Waals surface area contributed by atoms with Crippen molar-refractivity contribution in [2.24, 2.45) is 0 Å². The van der Waals surface area contributed by atoms with Gasteiger partial charge in [0.05, 0.1) is 4.90 Å². The molecule has 0 radical (unpaired) electrons. The van der Waals surface area contributed by atoms with Crippen molar-refractivity contribution in [1.82, 2.24) is 9.62 Å². The fraction of sp³-hybridized carbons (Fsp3) is 0.316. The van der Waals surface area contributed by atoms with Gasteiger partial charge in [0.2, 0.25) is 15.9 Å². The highest BCUT2D eigenvalue weighted by molar-refractivity contribution is 9.10. The van der Waals surface area contributed by atoms with E-state index in [-0.39, 0.29) is 29.8 Å². The number of nitrogens with one attached hydrogen (secondary N) is 1. The molecule has 0 unspecified atom stereocenters. The molecule has 140 valence electrons. The summed E-state index contributed by atoms with van der Waals surface area (Å²) in [6.07, 6.45) is 0.112. The lowest BCUT2D eigenvalue weighted by atomic mass is 10.2. The van der Waals surface area contributed by atoms with Crippen LogP contribution in [-0.2, 0) is 21.4 Å². The summed E-state index contributed by atoms with van der Waals surface area (Å²) >= 11 is 3.28. The Morgan fingerprint density at radius 1 is 1.08 bits per heavy atom. The Morgan fingerprint density at radius 2 is 1.69 bits per heavy atom. The third-order valence-corrected chi connectivity index (χ3v) is 5.90. The molecule has 0 aromatic heterocycles. The Hall–Kier alpha value is -1.70. The number of hydrogen-bond donors (Lipinski definition) is 1. The second kappa shape index (κ2) is 9.30. The maximum atomic E-state index is 12.5. The first-order valence-electron chi connectivity index (χ1n) is 8.38. The van der Waals surface area contributed by atoms with E-state index in [9.17, 15) is 13.2 Å². The molecule has 0 fully saturated rings. The van der Waals surface area contributed by atoms with E-state index in [4.69, 9.17) is 0 Å². The first-order chi connectivity index (χ1) is 12.3. The second-order valence-corrected chi connectivity index (χ2v) is 8.89. The maximum absolute atomic E-state index is 12.5. The summed E-state index contributed by atoms with van der Waals surface area (Å²) in [6.45, 7) is 4.48. The Bertz CT molecular complexity index is 822. The fourth-order valence-corrected chi connectivity index (χ4v) is 3.77. The lowest BCUT2D eigenvalue weighted by Gasteiger charge is -2.27. The molecule has 2 aromatic carbocycles. The van der Waals surface area contributed by atoms with Crippen LogP contribution in [0.3, 0.4) is 0 Å². The molecule has 26 heavy (non-hydrogen) atoms. The minimum Gasteiger partial charge on any atom is -0.336 e. The van der Waals surface area contributed by atoms with Crippen molar-refractivity contribution in [2.75, 3.05) is 6.54 Å². The predicted octanol–water partition coefficient (Wildman–Crippen LogP) is 3.55. The molecule has 0 saturated heterocycles. The molecule has 0 bridgehead atoms. The zero-order chi connectivity index (χ0) is 19.2. The zero-order valence-corrected chi connectivity index (χ0v) is 17.3.